The van der Waals surface area contributed by atoms with Crippen LogP contribution in [0.5, 0.6) is 0 Å². The van der Waals surface area contributed by atoms with Crippen LogP contribution in [0.3, 0.4) is 0 Å². The van der Waals surface area contributed by atoms with Crippen molar-refractivity contribution in [3.63, 3.8) is 0 Å². The monoisotopic (exact) mass is 390 g/mol. The van der Waals surface area contributed by atoms with Crippen molar-refractivity contribution in [3.8, 4) is 0 Å². The minimum absolute atomic E-state index is 0.106. The summed E-state index contributed by atoms with van der Waals surface area (Å²) in [6, 6.07) is 10.4. The molecule has 1 aromatic heterocycles. The minimum Gasteiger partial charge on any atom is -0.345 e. The van der Waals surface area contributed by atoms with Gasteiger partial charge < -0.3 is 10.2 Å². The van der Waals surface area contributed by atoms with E-state index in [1.165, 1.54) is 12.1 Å². The van der Waals surface area contributed by atoms with Crippen LogP contribution in [0.1, 0.15) is 17.5 Å². The molecule has 27 heavy (non-hydrogen) atoms. The molecule has 0 aliphatic heterocycles. The number of rotatable bonds is 10. The molecule has 0 unspecified atom stereocenters. The molecule has 0 aliphatic carbocycles. The zero-order valence-electron chi connectivity index (χ0n) is 15.5. The molecule has 3 N–H and O–H groups in total. The number of carbonyl (C=O) groups is 1. The summed E-state index contributed by atoms with van der Waals surface area (Å²) in [4.78, 5) is 18.0. The van der Waals surface area contributed by atoms with Gasteiger partial charge in [-0.25, -0.2) is 13.6 Å². The van der Waals surface area contributed by atoms with Crippen LogP contribution in [0, 0.1) is 0 Å². The summed E-state index contributed by atoms with van der Waals surface area (Å²) in [5.41, 5.74) is 2.17. The molecule has 146 valence electrons. The number of hydrogen-bond donors (Lipinski definition) is 2. The zero-order valence-corrected chi connectivity index (χ0v) is 16.3. The standard InChI is InChI=1S/C19H26N4O3S/c1-23(15-10-17-7-12-21-13-8-17)19(24)9-14-22-11-6-16-2-4-18(5-3-16)27(20,25)26/h2-5,7-8,12-13,22H,6,9-11,14-15H2,1H3,(H2,20,25,26). The number of carbonyl (C=O) groups excluding carboxylic acids is 1. The van der Waals surface area contributed by atoms with Crippen LogP contribution in [0.2, 0.25) is 0 Å². The summed E-state index contributed by atoms with van der Waals surface area (Å²) in [5.74, 6) is 0.106. The lowest BCUT2D eigenvalue weighted by atomic mass is 10.1. The Hall–Kier alpha value is -2.29. The Bertz CT molecular complexity index is 824. The molecular formula is C19H26N4O3S. The van der Waals surface area contributed by atoms with Gasteiger partial charge in [-0.15, -0.1) is 0 Å². The van der Waals surface area contributed by atoms with E-state index in [9.17, 15) is 13.2 Å². The van der Waals surface area contributed by atoms with Gasteiger partial charge in [-0.2, -0.15) is 0 Å². The highest BCUT2D eigenvalue weighted by molar-refractivity contribution is 7.89. The van der Waals surface area contributed by atoms with E-state index in [1.807, 2.05) is 19.2 Å². The highest BCUT2D eigenvalue weighted by Crippen LogP contribution is 2.09. The van der Waals surface area contributed by atoms with Crippen molar-refractivity contribution in [2.45, 2.75) is 24.2 Å². The van der Waals surface area contributed by atoms with Gasteiger partial charge >= 0.3 is 0 Å². The van der Waals surface area contributed by atoms with Crippen molar-refractivity contribution >= 4 is 15.9 Å². The predicted octanol–water partition coefficient (Wildman–Crippen LogP) is 0.952. The van der Waals surface area contributed by atoms with E-state index >= 15 is 0 Å². The number of sulfonamides is 1. The molecule has 2 rings (SSSR count). The predicted molar refractivity (Wildman–Crippen MR) is 105 cm³/mol. The number of pyridine rings is 1. The smallest absolute Gasteiger partial charge is 0.238 e. The lowest BCUT2D eigenvalue weighted by Gasteiger charge is -2.17. The van der Waals surface area contributed by atoms with Crippen molar-refractivity contribution in [2.24, 2.45) is 5.14 Å². The van der Waals surface area contributed by atoms with Gasteiger partial charge in [-0.1, -0.05) is 12.1 Å². The first-order valence-corrected chi connectivity index (χ1v) is 10.4. The molecule has 0 aliphatic rings. The topological polar surface area (TPSA) is 105 Å². The molecule has 0 spiro atoms. The summed E-state index contributed by atoms with van der Waals surface area (Å²) in [6.07, 6.45) is 5.51. The van der Waals surface area contributed by atoms with Crippen LogP contribution in [0.15, 0.2) is 53.7 Å². The van der Waals surface area contributed by atoms with E-state index in [4.69, 9.17) is 5.14 Å². The highest BCUT2D eigenvalue weighted by Gasteiger charge is 2.09. The third-order valence-corrected chi connectivity index (χ3v) is 5.20. The van der Waals surface area contributed by atoms with Gasteiger partial charge in [-0.05, 0) is 54.8 Å². The van der Waals surface area contributed by atoms with Crippen molar-refractivity contribution < 1.29 is 13.2 Å². The van der Waals surface area contributed by atoms with Gasteiger partial charge in [0, 0.05) is 39.0 Å². The number of likely N-dealkylation sites (N-methyl/N-ethyl adjacent to an activating group) is 1. The SMILES string of the molecule is CN(CCc1ccncc1)C(=O)CCNCCc1ccc(S(N)(=O)=O)cc1. The molecule has 0 fully saturated rings. The lowest BCUT2D eigenvalue weighted by Crippen LogP contribution is -2.32. The van der Waals surface area contributed by atoms with Crippen LogP contribution in [0.4, 0.5) is 0 Å². The number of benzene rings is 1. The molecule has 0 bridgehead atoms. The first-order chi connectivity index (χ1) is 12.9. The maximum Gasteiger partial charge on any atom is 0.238 e. The quantitative estimate of drug-likeness (QED) is 0.588. The maximum atomic E-state index is 12.1. The fraction of sp³-hybridized carbons (Fsp3) is 0.368. The Labute approximate surface area is 160 Å². The number of nitrogens with zero attached hydrogens (tertiary/aromatic N) is 2. The lowest BCUT2D eigenvalue weighted by molar-refractivity contribution is -0.129. The second kappa shape index (κ2) is 10.1. The van der Waals surface area contributed by atoms with E-state index in [0.717, 1.165) is 24.0 Å². The number of primary sulfonamides is 1. The van der Waals surface area contributed by atoms with Gasteiger partial charge in [0.1, 0.15) is 0 Å². The molecule has 7 nitrogen and oxygen atoms in total. The van der Waals surface area contributed by atoms with E-state index in [0.29, 0.717) is 26.1 Å². The number of nitrogens with two attached hydrogens (primary N) is 1. The van der Waals surface area contributed by atoms with Crippen LogP contribution < -0.4 is 10.5 Å². The molecule has 0 saturated carbocycles. The van der Waals surface area contributed by atoms with Gasteiger partial charge in [0.15, 0.2) is 0 Å². The van der Waals surface area contributed by atoms with Gasteiger partial charge in [0.2, 0.25) is 15.9 Å². The highest BCUT2D eigenvalue weighted by atomic mass is 32.2. The van der Waals surface area contributed by atoms with Gasteiger partial charge in [0.25, 0.3) is 0 Å². The molecule has 1 aromatic carbocycles. The van der Waals surface area contributed by atoms with E-state index in [-0.39, 0.29) is 10.8 Å². The summed E-state index contributed by atoms with van der Waals surface area (Å²) < 4.78 is 22.4. The molecule has 0 radical (unpaired) electrons. The summed E-state index contributed by atoms with van der Waals surface area (Å²) in [7, 11) is -1.83. The summed E-state index contributed by atoms with van der Waals surface area (Å²) in [6.45, 7) is 2.00. The normalized spacial score (nSPS) is 11.3. The second-order valence-electron chi connectivity index (χ2n) is 6.36. The van der Waals surface area contributed by atoms with E-state index < -0.39 is 10.0 Å². The Balaban J connectivity index is 1.62. The van der Waals surface area contributed by atoms with Crippen LogP contribution >= 0.6 is 0 Å². The molecule has 1 heterocycles. The average molecular weight is 391 g/mol. The first kappa shape index (κ1) is 21.0. The molecule has 0 atom stereocenters. The third-order valence-electron chi connectivity index (χ3n) is 4.27. The molecule has 1 amide bonds. The van der Waals surface area contributed by atoms with Gasteiger partial charge in [0.05, 0.1) is 4.90 Å². The number of aromatic nitrogens is 1. The van der Waals surface area contributed by atoms with Crippen molar-refractivity contribution in [1.82, 2.24) is 15.2 Å². The number of amides is 1. The minimum atomic E-state index is -3.65. The zero-order chi connectivity index (χ0) is 19.7. The molecule has 8 heteroatoms. The Morgan fingerprint density at radius 1 is 1.04 bits per heavy atom. The second-order valence-corrected chi connectivity index (χ2v) is 7.92. The maximum absolute atomic E-state index is 12.1. The summed E-state index contributed by atoms with van der Waals surface area (Å²) >= 11 is 0. The van der Waals surface area contributed by atoms with E-state index in [1.54, 1.807) is 29.4 Å². The fourth-order valence-electron chi connectivity index (χ4n) is 2.56. The fourth-order valence-corrected chi connectivity index (χ4v) is 3.08. The molecule has 0 saturated heterocycles. The molecular weight excluding hydrogens is 364 g/mol. The van der Waals surface area contributed by atoms with Crippen LogP contribution in [0.25, 0.3) is 0 Å². The van der Waals surface area contributed by atoms with Crippen molar-refractivity contribution in [3.05, 3.63) is 59.9 Å². The Morgan fingerprint density at radius 3 is 2.30 bits per heavy atom. The van der Waals surface area contributed by atoms with Crippen molar-refractivity contribution in [1.29, 1.82) is 0 Å². The van der Waals surface area contributed by atoms with Gasteiger partial charge in [-0.3, -0.25) is 9.78 Å². The van der Waals surface area contributed by atoms with Crippen LogP contribution in [-0.2, 0) is 27.7 Å². The first-order valence-electron chi connectivity index (χ1n) is 8.81. The largest absolute Gasteiger partial charge is 0.345 e. The average Bonchev–Trinajstić information content (AvgIpc) is 2.66. The van der Waals surface area contributed by atoms with Crippen molar-refractivity contribution in [2.75, 3.05) is 26.7 Å². The Morgan fingerprint density at radius 2 is 1.67 bits per heavy atom. The van der Waals surface area contributed by atoms with Crippen LogP contribution in [-0.4, -0.2) is 50.9 Å². The van der Waals surface area contributed by atoms with E-state index in [2.05, 4.69) is 10.3 Å². The number of nitrogens with one attached hydrogen (secondary N) is 1. The third kappa shape index (κ3) is 7.46. The number of hydrogen-bond acceptors (Lipinski definition) is 5. The summed E-state index contributed by atoms with van der Waals surface area (Å²) in [5, 5.41) is 8.31. The Kier molecular flexibility index (Phi) is 7.90. The molecule has 2 aromatic rings.